The molecule has 0 amide bonds. The summed E-state index contributed by atoms with van der Waals surface area (Å²) < 4.78 is 4.73. The summed E-state index contributed by atoms with van der Waals surface area (Å²) in [5.74, 6) is 1.90. The topological polar surface area (TPSA) is 48.5 Å². The van der Waals surface area contributed by atoms with Crippen LogP contribution in [0.4, 0.5) is 0 Å². The van der Waals surface area contributed by atoms with Gasteiger partial charge in [-0.15, -0.1) is 0 Å². The van der Waals surface area contributed by atoms with Gasteiger partial charge >= 0.3 is 0 Å². The first-order valence-corrected chi connectivity index (χ1v) is 18.9. The highest BCUT2D eigenvalue weighted by Crippen LogP contribution is 2.40. The van der Waals surface area contributed by atoms with Gasteiger partial charge in [0.25, 0.3) is 0 Å². The van der Waals surface area contributed by atoms with E-state index in [1.54, 1.807) is 0 Å². The molecule has 0 atom stereocenters. The first-order chi connectivity index (χ1) is 27.8. The maximum absolute atomic E-state index is 5.12. The molecule has 5 heteroatoms. The molecule has 8 aromatic carbocycles. The Hall–Kier alpha value is -7.63. The molecule has 0 aliphatic carbocycles. The second-order valence-corrected chi connectivity index (χ2v) is 14.1. The Kier molecular flexibility index (Phi) is 7.42. The van der Waals surface area contributed by atoms with E-state index >= 15 is 0 Å². The van der Waals surface area contributed by atoms with Crippen LogP contribution in [0.25, 0.3) is 100 Å². The van der Waals surface area contributed by atoms with Crippen molar-refractivity contribution in [3.63, 3.8) is 0 Å². The molecule has 3 heterocycles. The minimum absolute atomic E-state index is 0.623. The summed E-state index contributed by atoms with van der Waals surface area (Å²) in [7, 11) is 0. The molecule has 0 N–H and O–H groups in total. The van der Waals surface area contributed by atoms with E-state index in [2.05, 4.69) is 149 Å². The molecule has 5 nitrogen and oxygen atoms in total. The van der Waals surface area contributed by atoms with E-state index < -0.39 is 0 Å². The van der Waals surface area contributed by atoms with E-state index in [-0.39, 0.29) is 0 Å². The second kappa shape index (κ2) is 13.0. The number of nitrogens with zero attached hydrogens (tertiary/aromatic N) is 5. The molecule has 0 spiro atoms. The predicted octanol–water partition coefficient (Wildman–Crippen LogP) is 12.7. The number of hydrogen-bond donors (Lipinski definition) is 0. The molecule has 0 aliphatic heterocycles. The first kappa shape index (κ1) is 31.9. The monoisotopic (exact) mass is 715 g/mol. The predicted molar refractivity (Wildman–Crippen MR) is 230 cm³/mol. The number of para-hydroxylation sites is 4. The minimum atomic E-state index is 0.623. The quantitative estimate of drug-likeness (QED) is 0.172. The van der Waals surface area contributed by atoms with E-state index in [4.69, 9.17) is 15.0 Å². The van der Waals surface area contributed by atoms with Crippen LogP contribution in [0.1, 0.15) is 0 Å². The van der Waals surface area contributed by atoms with Crippen LogP contribution in [-0.2, 0) is 0 Å². The van der Waals surface area contributed by atoms with Crippen LogP contribution >= 0.6 is 0 Å². The molecule has 0 fully saturated rings. The highest BCUT2D eigenvalue weighted by atomic mass is 15.1. The van der Waals surface area contributed by atoms with Crippen LogP contribution in [0.2, 0.25) is 0 Å². The fraction of sp³-hybridized carbons (Fsp3) is 0. The van der Waals surface area contributed by atoms with Gasteiger partial charge in [0.1, 0.15) is 0 Å². The summed E-state index contributed by atoms with van der Waals surface area (Å²) in [5, 5.41) is 4.86. The molecule has 262 valence electrons. The fourth-order valence-corrected chi connectivity index (χ4v) is 8.20. The Morgan fingerprint density at radius 3 is 1.46 bits per heavy atom. The number of fused-ring (bicyclic) bond motifs is 6. The molecule has 0 bridgehead atoms. The van der Waals surface area contributed by atoms with E-state index in [0.29, 0.717) is 17.5 Å². The van der Waals surface area contributed by atoms with Gasteiger partial charge in [0, 0.05) is 43.9 Å². The van der Waals surface area contributed by atoms with Crippen molar-refractivity contribution in [1.82, 2.24) is 24.1 Å². The summed E-state index contributed by atoms with van der Waals surface area (Å²) in [6.45, 7) is 0. The van der Waals surface area contributed by atoms with Crippen molar-refractivity contribution >= 4 is 43.6 Å². The Bertz CT molecular complexity index is 3180. The molecule has 0 unspecified atom stereocenters. The minimum Gasteiger partial charge on any atom is -0.309 e. The molecule has 0 radical (unpaired) electrons. The number of benzene rings is 8. The van der Waals surface area contributed by atoms with Crippen molar-refractivity contribution in [2.75, 3.05) is 0 Å². The average molecular weight is 716 g/mol. The maximum Gasteiger partial charge on any atom is 0.166 e. The molecular formula is C51H33N5. The average Bonchev–Trinajstić information content (AvgIpc) is 3.79. The zero-order chi connectivity index (χ0) is 37.0. The number of hydrogen-bond acceptors (Lipinski definition) is 3. The van der Waals surface area contributed by atoms with E-state index in [1.807, 2.05) is 60.7 Å². The van der Waals surface area contributed by atoms with Crippen LogP contribution in [0, 0.1) is 0 Å². The van der Waals surface area contributed by atoms with Gasteiger partial charge in [-0.1, -0.05) is 146 Å². The molecule has 0 saturated heterocycles. The summed E-state index contributed by atoms with van der Waals surface area (Å²) in [6.07, 6.45) is 0. The third-order valence-corrected chi connectivity index (χ3v) is 10.8. The van der Waals surface area contributed by atoms with Gasteiger partial charge in [0.15, 0.2) is 17.5 Å². The molecule has 0 saturated carbocycles. The maximum atomic E-state index is 5.12. The molecule has 0 aliphatic rings. The first-order valence-electron chi connectivity index (χ1n) is 18.9. The highest BCUT2D eigenvalue weighted by molar-refractivity contribution is 6.12. The zero-order valence-corrected chi connectivity index (χ0v) is 30.3. The van der Waals surface area contributed by atoms with Crippen molar-refractivity contribution < 1.29 is 0 Å². The SMILES string of the molecule is c1ccc(-c2nc(-c3ccccc3)nc(-c3ccccc3-n3c4ccccc4c4cc(-c5ccc6c7ccccc7n(-c7ccccc7)c6c5)ccc43)n2)cc1. The van der Waals surface area contributed by atoms with Crippen molar-refractivity contribution in [2.24, 2.45) is 0 Å². The highest BCUT2D eigenvalue weighted by Gasteiger charge is 2.20. The summed E-state index contributed by atoms with van der Waals surface area (Å²) in [6, 6.07) is 70.4. The zero-order valence-electron chi connectivity index (χ0n) is 30.3. The Morgan fingerprint density at radius 1 is 0.286 bits per heavy atom. The standard InChI is InChI=1S/C51H33N5/c1-4-16-34(17-5-1)49-52-50(35-18-6-2-7-19-35)54-51(53-49)42-24-12-15-27-46(42)56-45-26-14-11-23-40(45)43-32-36(29-31-47(43)56)37-28-30-41-39-22-10-13-25-44(39)55(48(41)33-37)38-20-8-3-9-21-38/h1-33H. The van der Waals surface area contributed by atoms with Crippen molar-refractivity contribution in [3.8, 4) is 56.7 Å². The van der Waals surface area contributed by atoms with Gasteiger partial charge in [0.2, 0.25) is 0 Å². The lowest BCUT2D eigenvalue weighted by molar-refractivity contribution is 1.06. The van der Waals surface area contributed by atoms with Crippen molar-refractivity contribution in [3.05, 3.63) is 200 Å². The van der Waals surface area contributed by atoms with Crippen LogP contribution in [0.15, 0.2) is 200 Å². The summed E-state index contributed by atoms with van der Waals surface area (Å²) in [4.78, 5) is 15.2. The number of rotatable bonds is 6. The normalized spacial score (nSPS) is 11.6. The van der Waals surface area contributed by atoms with Gasteiger partial charge in [-0.2, -0.15) is 0 Å². The third-order valence-electron chi connectivity index (χ3n) is 10.8. The molecule has 11 aromatic rings. The van der Waals surface area contributed by atoms with Gasteiger partial charge in [0.05, 0.1) is 27.8 Å². The van der Waals surface area contributed by atoms with Gasteiger partial charge in [-0.05, 0) is 65.7 Å². The van der Waals surface area contributed by atoms with Crippen LogP contribution in [0.5, 0.6) is 0 Å². The molecule has 3 aromatic heterocycles. The van der Waals surface area contributed by atoms with Crippen LogP contribution in [0.3, 0.4) is 0 Å². The Labute approximate surface area is 323 Å². The summed E-state index contributed by atoms with van der Waals surface area (Å²) >= 11 is 0. The Morgan fingerprint density at radius 2 is 0.768 bits per heavy atom. The van der Waals surface area contributed by atoms with Crippen molar-refractivity contribution in [2.45, 2.75) is 0 Å². The van der Waals surface area contributed by atoms with E-state index in [0.717, 1.165) is 44.7 Å². The van der Waals surface area contributed by atoms with Gasteiger partial charge < -0.3 is 9.13 Å². The lowest BCUT2D eigenvalue weighted by Crippen LogP contribution is -2.03. The van der Waals surface area contributed by atoms with Gasteiger partial charge in [-0.25, -0.2) is 15.0 Å². The molecular weight excluding hydrogens is 683 g/mol. The smallest absolute Gasteiger partial charge is 0.166 e. The third kappa shape index (κ3) is 5.21. The molecule has 56 heavy (non-hydrogen) atoms. The van der Waals surface area contributed by atoms with E-state index in [1.165, 1.54) is 38.1 Å². The number of aromatic nitrogens is 5. The van der Waals surface area contributed by atoms with Crippen LogP contribution in [-0.4, -0.2) is 24.1 Å². The van der Waals surface area contributed by atoms with Gasteiger partial charge in [-0.3, -0.25) is 0 Å². The largest absolute Gasteiger partial charge is 0.309 e. The van der Waals surface area contributed by atoms with Crippen LogP contribution < -0.4 is 0 Å². The lowest BCUT2D eigenvalue weighted by atomic mass is 10.0. The fourth-order valence-electron chi connectivity index (χ4n) is 8.20. The van der Waals surface area contributed by atoms with Crippen molar-refractivity contribution in [1.29, 1.82) is 0 Å². The lowest BCUT2D eigenvalue weighted by Gasteiger charge is -2.14. The van der Waals surface area contributed by atoms with E-state index in [9.17, 15) is 0 Å². The Balaban J connectivity index is 1.10. The second-order valence-electron chi connectivity index (χ2n) is 14.1. The summed E-state index contributed by atoms with van der Waals surface area (Å²) in [5.41, 5.74) is 11.9. The molecule has 11 rings (SSSR count).